The molecule has 0 spiro atoms. The smallest absolute Gasteiger partial charge is 0.261 e. The third-order valence-corrected chi connectivity index (χ3v) is 4.20. The molecule has 0 atom stereocenters. The quantitative estimate of drug-likeness (QED) is 0.630. The molecule has 0 saturated carbocycles. The minimum absolute atomic E-state index is 0.165. The van der Waals surface area contributed by atoms with Crippen molar-refractivity contribution in [3.05, 3.63) is 70.5 Å². The van der Waals surface area contributed by atoms with Crippen molar-refractivity contribution in [2.45, 2.75) is 27.3 Å². The van der Waals surface area contributed by atoms with E-state index in [1.54, 1.807) is 45.0 Å². The second-order valence-corrected chi connectivity index (χ2v) is 7.13. The van der Waals surface area contributed by atoms with Gasteiger partial charge in [-0.1, -0.05) is 45.0 Å². The third kappa shape index (κ3) is 2.97. The molecule has 3 rings (SSSR count). The Kier molecular flexibility index (Phi) is 4.03. The Morgan fingerprint density at radius 1 is 1.00 bits per heavy atom. The molecule has 128 valence electrons. The number of nitrogens with zero attached hydrogens (tertiary/aromatic N) is 1. The fraction of sp³-hybridized carbons (Fsp3) is 0.250. The lowest BCUT2D eigenvalue weighted by Crippen LogP contribution is -2.29. The number of ketones is 1. The van der Waals surface area contributed by atoms with Gasteiger partial charge in [0.05, 0.1) is 17.7 Å². The van der Waals surface area contributed by atoms with E-state index in [-0.39, 0.29) is 23.5 Å². The van der Waals surface area contributed by atoms with Gasteiger partial charge in [0, 0.05) is 16.5 Å². The molecular weight excluding hydrogens is 321 g/mol. The van der Waals surface area contributed by atoms with Crippen LogP contribution in [0.25, 0.3) is 0 Å². The maximum absolute atomic E-state index is 14.4. The predicted octanol–water partition coefficient (Wildman–Crippen LogP) is 3.85. The fourth-order valence-electron chi connectivity index (χ4n) is 2.80. The van der Waals surface area contributed by atoms with E-state index in [2.05, 4.69) is 0 Å². The van der Waals surface area contributed by atoms with Crippen LogP contribution >= 0.6 is 0 Å². The lowest BCUT2D eigenvalue weighted by Gasteiger charge is -2.18. The molecule has 0 aromatic heterocycles. The molecule has 0 fully saturated rings. The van der Waals surface area contributed by atoms with E-state index >= 15 is 0 Å². The van der Waals surface area contributed by atoms with Gasteiger partial charge >= 0.3 is 0 Å². The van der Waals surface area contributed by atoms with Crippen LogP contribution in [0.5, 0.6) is 0 Å². The Balaban J connectivity index is 1.87. The molecule has 0 N–H and O–H groups in total. The predicted molar refractivity (Wildman–Crippen MR) is 90.8 cm³/mol. The van der Waals surface area contributed by atoms with Crippen molar-refractivity contribution in [3.8, 4) is 0 Å². The Labute approximate surface area is 145 Å². The number of rotatable bonds is 3. The minimum atomic E-state index is -0.615. The van der Waals surface area contributed by atoms with Crippen LogP contribution in [-0.2, 0) is 6.54 Å². The SMILES string of the molecule is CC(C)(C)C(=O)c1ccc(CN2C(=O)c3ccccc3C2=O)c(F)c1. The Bertz CT molecular complexity index is 861. The molecule has 0 radical (unpaired) electrons. The van der Waals surface area contributed by atoms with Gasteiger partial charge in [0.2, 0.25) is 0 Å². The minimum Gasteiger partial charge on any atom is -0.294 e. The number of carbonyl (C=O) groups excluding carboxylic acids is 3. The maximum atomic E-state index is 14.4. The number of carbonyl (C=O) groups is 3. The average molecular weight is 339 g/mol. The van der Waals surface area contributed by atoms with Crippen LogP contribution in [-0.4, -0.2) is 22.5 Å². The highest BCUT2D eigenvalue weighted by molar-refractivity contribution is 6.21. The van der Waals surface area contributed by atoms with Gasteiger partial charge in [-0.2, -0.15) is 0 Å². The summed E-state index contributed by atoms with van der Waals surface area (Å²) in [5.74, 6) is -1.64. The van der Waals surface area contributed by atoms with Gasteiger partial charge in [0.1, 0.15) is 5.82 Å². The zero-order valence-corrected chi connectivity index (χ0v) is 14.3. The second-order valence-electron chi connectivity index (χ2n) is 7.13. The molecule has 0 unspecified atom stereocenters. The summed E-state index contributed by atoms with van der Waals surface area (Å²) in [6, 6.07) is 10.7. The highest BCUT2D eigenvalue weighted by Crippen LogP contribution is 2.26. The van der Waals surface area contributed by atoms with Crippen LogP contribution in [0.2, 0.25) is 0 Å². The normalized spacial score (nSPS) is 14.0. The van der Waals surface area contributed by atoms with E-state index in [1.807, 2.05) is 0 Å². The first-order chi connectivity index (χ1) is 11.7. The summed E-state index contributed by atoms with van der Waals surface area (Å²) in [7, 11) is 0. The Morgan fingerprint density at radius 2 is 1.56 bits per heavy atom. The van der Waals surface area contributed by atoms with Crippen molar-refractivity contribution in [3.63, 3.8) is 0 Å². The number of benzene rings is 2. The molecule has 0 saturated heterocycles. The lowest BCUT2D eigenvalue weighted by atomic mass is 9.86. The van der Waals surface area contributed by atoms with Gasteiger partial charge < -0.3 is 0 Å². The molecule has 0 aliphatic carbocycles. The number of imide groups is 1. The molecule has 2 aromatic rings. The number of Topliss-reactive ketones (excluding diaryl/α,β-unsaturated/α-hetero) is 1. The van der Waals surface area contributed by atoms with E-state index in [4.69, 9.17) is 0 Å². The zero-order valence-electron chi connectivity index (χ0n) is 14.3. The number of fused-ring (bicyclic) bond motifs is 1. The van der Waals surface area contributed by atoms with Crippen molar-refractivity contribution >= 4 is 17.6 Å². The fourth-order valence-corrected chi connectivity index (χ4v) is 2.80. The van der Waals surface area contributed by atoms with Gasteiger partial charge in [0.15, 0.2) is 5.78 Å². The summed E-state index contributed by atoms with van der Waals surface area (Å²) in [5.41, 5.74) is 0.507. The number of hydrogen-bond acceptors (Lipinski definition) is 3. The van der Waals surface area contributed by atoms with Gasteiger partial charge in [0.25, 0.3) is 11.8 Å². The Hall–Kier alpha value is -2.82. The van der Waals surface area contributed by atoms with Crippen LogP contribution in [0.15, 0.2) is 42.5 Å². The first kappa shape index (κ1) is 17.0. The number of hydrogen-bond donors (Lipinski definition) is 0. The zero-order chi connectivity index (χ0) is 18.4. The van der Waals surface area contributed by atoms with E-state index < -0.39 is 23.0 Å². The molecule has 1 aliphatic rings. The van der Waals surface area contributed by atoms with Crippen LogP contribution in [0.1, 0.15) is 57.4 Å². The molecule has 4 nitrogen and oxygen atoms in total. The van der Waals surface area contributed by atoms with Gasteiger partial charge in [-0.25, -0.2) is 4.39 Å². The summed E-state index contributed by atoms with van der Waals surface area (Å²) < 4.78 is 14.4. The molecule has 5 heteroatoms. The summed E-state index contributed by atoms with van der Waals surface area (Å²) in [6.07, 6.45) is 0. The number of halogens is 1. The second kappa shape index (κ2) is 5.92. The molecule has 1 aliphatic heterocycles. The molecule has 1 heterocycles. The molecule has 25 heavy (non-hydrogen) atoms. The van der Waals surface area contributed by atoms with Crippen LogP contribution in [0, 0.1) is 11.2 Å². The first-order valence-electron chi connectivity index (χ1n) is 7.98. The largest absolute Gasteiger partial charge is 0.294 e. The van der Waals surface area contributed by atoms with Crippen molar-refractivity contribution < 1.29 is 18.8 Å². The highest BCUT2D eigenvalue weighted by Gasteiger charge is 2.35. The first-order valence-corrected chi connectivity index (χ1v) is 7.98. The van der Waals surface area contributed by atoms with Gasteiger partial charge in [-0.3, -0.25) is 19.3 Å². The summed E-state index contributed by atoms with van der Waals surface area (Å²) in [4.78, 5) is 38.0. The van der Waals surface area contributed by atoms with Gasteiger partial charge in [-0.15, -0.1) is 0 Å². The van der Waals surface area contributed by atoms with Crippen molar-refractivity contribution in [1.82, 2.24) is 4.90 Å². The lowest BCUT2D eigenvalue weighted by molar-refractivity contribution is 0.0640. The van der Waals surface area contributed by atoms with Crippen molar-refractivity contribution in [2.75, 3.05) is 0 Å². The summed E-state index contributed by atoms with van der Waals surface area (Å²) in [5, 5.41) is 0. The van der Waals surface area contributed by atoms with E-state index in [0.29, 0.717) is 11.1 Å². The van der Waals surface area contributed by atoms with E-state index in [0.717, 1.165) is 4.90 Å². The number of amides is 2. The van der Waals surface area contributed by atoms with Crippen molar-refractivity contribution in [1.29, 1.82) is 0 Å². The molecule has 2 aromatic carbocycles. The van der Waals surface area contributed by atoms with Crippen LogP contribution in [0.3, 0.4) is 0 Å². The summed E-state index contributed by atoms with van der Waals surface area (Å²) >= 11 is 0. The van der Waals surface area contributed by atoms with Crippen LogP contribution < -0.4 is 0 Å². The van der Waals surface area contributed by atoms with E-state index in [9.17, 15) is 18.8 Å². The monoisotopic (exact) mass is 339 g/mol. The van der Waals surface area contributed by atoms with Crippen LogP contribution in [0.4, 0.5) is 4.39 Å². The topological polar surface area (TPSA) is 54.5 Å². The summed E-state index contributed by atoms with van der Waals surface area (Å²) in [6.45, 7) is 5.13. The maximum Gasteiger partial charge on any atom is 0.261 e. The molecule has 2 amide bonds. The highest BCUT2D eigenvalue weighted by atomic mass is 19.1. The third-order valence-electron chi connectivity index (χ3n) is 4.20. The van der Waals surface area contributed by atoms with Crippen molar-refractivity contribution in [2.24, 2.45) is 5.41 Å². The van der Waals surface area contributed by atoms with E-state index in [1.165, 1.54) is 18.2 Å². The molecule has 0 bridgehead atoms. The standard InChI is InChI=1S/C20H18FNO3/c1-20(2,3)17(23)12-8-9-13(16(21)10-12)11-22-18(24)14-6-4-5-7-15(14)19(22)25/h4-10H,11H2,1-3H3. The Morgan fingerprint density at radius 3 is 2.04 bits per heavy atom. The molecular formula is C20H18FNO3. The van der Waals surface area contributed by atoms with Gasteiger partial charge in [-0.05, 0) is 18.2 Å². The average Bonchev–Trinajstić information content (AvgIpc) is 2.80.